The average molecular weight is 446 g/mol. The molecule has 31 heavy (non-hydrogen) atoms. The summed E-state index contributed by atoms with van der Waals surface area (Å²) in [6.07, 6.45) is 3.29. The summed E-state index contributed by atoms with van der Waals surface area (Å²) in [5, 5.41) is 8.02. The maximum atomic E-state index is 14.7. The van der Waals surface area contributed by atoms with E-state index in [0.29, 0.717) is 11.1 Å². The summed E-state index contributed by atoms with van der Waals surface area (Å²) in [7, 11) is -1.24. The minimum atomic E-state index is -4.11. The molecule has 162 valence electrons. The van der Waals surface area contributed by atoms with Crippen LogP contribution in [-0.4, -0.2) is 37.6 Å². The molecule has 0 atom stereocenters. The highest BCUT2D eigenvalue weighted by Gasteiger charge is 2.24. The third kappa shape index (κ3) is 4.23. The summed E-state index contributed by atoms with van der Waals surface area (Å²) in [5.74, 6) is -0.516. The van der Waals surface area contributed by atoms with Crippen molar-refractivity contribution in [2.75, 3.05) is 18.9 Å². The van der Waals surface area contributed by atoms with Crippen LogP contribution in [0.2, 0.25) is 0 Å². The van der Waals surface area contributed by atoms with Crippen LogP contribution >= 0.6 is 0 Å². The second kappa shape index (κ2) is 8.36. The topological polar surface area (TPSA) is 108 Å². The van der Waals surface area contributed by atoms with Gasteiger partial charge in [-0.3, -0.25) is 9.40 Å². The number of anilines is 1. The van der Waals surface area contributed by atoms with Gasteiger partial charge in [0.25, 0.3) is 10.0 Å². The standard InChI is InChI=1S/C20H19FN4O5S/c1-28-12-13-4-5-17(29-2)19(8-13)31(26,27)24-20-15-10-16(21)14(9-18(15)30-23-20)11-25-7-3-6-22-25/h3-10H,11-12H2,1-2H3,(H,23,24). The number of methoxy groups -OCH3 is 2. The Morgan fingerprint density at radius 2 is 2.06 bits per heavy atom. The Morgan fingerprint density at radius 1 is 1.23 bits per heavy atom. The summed E-state index contributed by atoms with van der Waals surface area (Å²) < 4.78 is 60.1. The molecule has 0 fully saturated rings. The van der Waals surface area contributed by atoms with Crippen LogP contribution in [0.3, 0.4) is 0 Å². The summed E-state index contributed by atoms with van der Waals surface area (Å²) in [4.78, 5) is -0.100. The maximum Gasteiger partial charge on any atom is 0.266 e. The van der Waals surface area contributed by atoms with Gasteiger partial charge in [0.2, 0.25) is 0 Å². The van der Waals surface area contributed by atoms with Crippen LogP contribution in [0.4, 0.5) is 10.2 Å². The van der Waals surface area contributed by atoms with Gasteiger partial charge in [-0.1, -0.05) is 11.2 Å². The molecule has 4 aromatic rings. The highest BCUT2D eigenvalue weighted by Crippen LogP contribution is 2.31. The van der Waals surface area contributed by atoms with E-state index in [9.17, 15) is 12.8 Å². The Labute approximate surface area is 177 Å². The number of halogens is 1. The molecule has 0 amide bonds. The number of hydrogen-bond donors (Lipinski definition) is 1. The van der Waals surface area contributed by atoms with E-state index >= 15 is 0 Å². The first kappa shape index (κ1) is 20.8. The van der Waals surface area contributed by atoms with E-state index in [0.717, 1.165) is 0 Å². The van der Waals surface area contributed by atoms with Gasteiger partial charge in [-0.25, -0.2) is 12.8 Å². The average Bonchev–Trinajstić information content (AvgIpc) is 3.39. The fourth-order valence-corrected chi connectivity index (χ4v) is 4.37. The lowest BCUT2D eigenvalue weighted by molar-refractivity contribution is 0.184. The molecule has 0 saturated carbocycles. The van der Waals surface area contributed by atoms with Crippen molar-refractivity contribution >= 4 is 26.8 Å². The highest BCUT2D eigenvalue weighted by molar-refractivity contribution is 7.92. The molecule has 2 heterocycles. The molecule has 9 nitrogen and oxygen atoms in total. The first-order valence-corrected chi connectivity index (χ1v) is 10.6. The Kier molecular flexibility index (Phi) is 5.61. The zero-order chi connectivity index (χ0) is 22.0. The molecule has 0 unspecified atom stereocenters. The third-order valence-corrected chi connectivity index (χ3v) is 5.95. The third-order valence-electron chi connectivity index (χ3n) is 4.59. The first-order chi connectivity index (χ1) is 14.9. The number of aromatic nitrogens is 3. The molecule has 2 aromatic carbocycles. The zero-order valence-electron chi connectivity index (χ0n) is 16.7. The molecular formula is C20H19FN4O5S. The monoisotopic (exact) mass is 446 g/mol. The van der Waals surface area contributed by atoms with Crippen LogP contribution in [0.1, 0.15) is 11.1 Å². The van der Waals surface area contributed by atoms with Gasteiger partial charge in [0, 0.05) is 25.1 Å². The first-order valence-electron chi connectivity index (χ1n) is 9.15. The van der Waals surface area contributed by atoms with Crippen LogP contribution in [0.5, 0.6) is 5.75 Å². The number of hydrogen-bond acceptors (Lipinski definition) is 7. The van der Waals surface area contributed by atoms with Crippen LogP contribution in [0.15, 0.2) is 58.2 Å². The van der Waals surface area contributed by atoms with Crippen LogP contribution < -0.4 is 9.46 Å². The number of benzene rings is 2. The van der Waals surface area contributed by atoms with Gasteiger partial charge >= 0.3 is 0 Å². The van der Waals surface area contributed by atoms with Crippen molar-refractivity contribution in [1.82, 2.24) is 14.9 Å². The van der Waals surface area contributed by atoms with Crippen molar-refractivity contribution in [2.45, 2.75) is 18.0 Å². The number of rotatable bonds is 8. The van der Waals surface area contributed by atoms with E-state index in [2.05, 4.69) is 15.0 Å². The second-order valence-electron chi connectivity index (χ2n) is 6.70. The van der Waals surface area contributed by atoms with Crippen molar-refractivity contribution in [3.8, 4) is 5.75 Å². The molecule has 0 saturated heterocycles. The summed E-state index contributed by atoms with van der Waals surface area (Å²) in [5.41, 5.74) is 1.21. The van der Waals surface area contributed by atoms with Crippen molar-refractivity contribution in [1.29, 1.82) is 0 Å². The molecule has 0 aliphatic heterocycles. The molecule has 0 spiro atoms. The Morgan fingerprint density at radius 3 is 2.77 bits per heavy atom. The van der Waals surface area contributed by atoms with Gasteiger partial charge in [0.15, 0.2) is 11.4 Å². The Balaban J connectivity index is 1.68. The number of nitrogens with one attached hydrogen (secondary N) is 1. The molecule has 2 aromatic heterocycles. The van der Waals surface area contributed by atoms with Gasteiger partial charge in [0.05, 0.1) is 25.6 Å². The molecule has 0 aliphatic carbocycles. The molecule has 11 heteroatoms. The van der Waals surface area contributed by atoms with Gasteiger partial charge in [-0.05, 0) is 35.9 Å². The lowest BCUT2D eigenvalue weighted by Gasteiger charge is -2.12. The summed E-state index contributed by atoms with van der Waals surface area (Å²) in [6, 6.07) is 9.05. The number of sulfonamides is 1. The minimum absolute atomic E-state index is 0.100. The second-order valence-corrected chi connectivity index (χ2v) is 8.35. The zero-order valence-corrected chi connectivity index (χ0v) is 17.5. The van der Waals surface area contributed by atoms with Crippen molar-refractivity contribution < 1.29 is 26.8 Å². The predicted octanol–water partition coefficient (Wildman–Crippen LogP) is 3.17. The van der Waals surface area contributed by atoms with Crippen molar-refractivity contribution in [2.24, 2.45) is 0 Å². The number of nitrogens with zero attached hydrogens (tertiary/aromatic N) is 3. The smallest absolute Gasteiger partial charge is 0.266 e. The van der Waals surface area contributed by atoms with E-state index in [-0.39, 0.29) is 40.6 Å². The van der Waals surface area contributed by atoms with Crippen molar-refractivity contribution in [3.05, 3.63) is 65.7 Å². The lowest BCUT2D eigenvalue weighted by Crippen LogP contribution is -2.15. The Hall–Kier alpha value is -3.44. The van der Waals surface area contributed by atoms with Crippen LogP contribution in [-0.2, 0) is 27.9 Å². The van der Waals surface area contributed by atoms with Gasteiger partial charge in [-0.15, -0.1) is 0 Å². The molecule has 4 rings (SSSR count). The van der Waals surface area contributed by atoms with E-state index in [1.54, 1.807) is 29.2 Å². The molecule has 0 bridgehead atoms. The lowest BCUT2D eigenvalue weighted by atomic mass is 10.1. The van der Waals surface area contributed by atoms with Crippen molar-refractivity contribution in [3.63, 3.8) is 0 Å². The van der Waals surface area contributed by atoms with Crippen LogP contribution in [0.25, 0.3) is 11.0 Å². The fourth-order valence-electron chi connectivity index (χ4n) is 3.13. The molecule has 0 aliphatic rings. The Bertz CT molecular complexity index is 1320. The fraction of sp³-hybridized carbons (Fsp3) is 0.200. The maximum absolute atomic E-state index is 14.7. The summed E-state index contributed by atoms with van der Waals surface area (Å²) in [6.45, 7) is 0.420. The van der Waals surface area contributed by atoms with Crippen LogP contribution in [0, 0.1) is 5.82 Å². The normalized spacial score (nSPS) is 11.7. The van der Waals surface area contributed by atoms with E-state index < -0.39 is 15.8 Å². The number of fused-ring (bicyclic) bond motifs is 1. The predicted molar refractivity (Wildman–Crippen MR) is 110 cm³/mol. The SMILES string of the molecule is COCc1ccc(OC)c(S(=O)(=O)Nc2noc3cc(Cn4cccn4)c(F)cc23)c1. The molecule has 1 N–H and O–H groups in total. The minimum Gasteiger partial charge on any atom is -0.495 e. The van der Waals surface area contributed by atoms with E-state index in [4.69, 9.17) is 14.0 Å². The highest BCUT2D eigenvalue weighted by atomic mass is 32.2. The largest absolute Gasteiger partial charge is 0.495 e. The van der Waals surface area contributed by atoms with Gasteiger partial charge in [-0.2, -0.15) is 5.10 Å². The van der Waals surface area contributed by atoms with Gasteiger partial charge < -0.3 is 14.0 Å². The van der Waals surface area contributed by atoms with E-state index in [1.165, 1.54) is 38.5 Å². The molecule has 0 radical (unpaired) electrons. The summed E-state index contributed by atoms with van der Waals surface area (Å²) >= 11 is 0. The quantitative estimate of drug-likeness (QED) is 0.443. The van der Waals surface area contributed by atoms with Gasteiger partial charge in [0.1, 0.15) is 16.5 Å². The number of ether oxygens (including phenoxy) is 2. The van der Waals surface area contributed by atoms with E-state index in [1.807, 2.05) is 0 Å². The molecular weight excluding hydrogens is 427 g/mol.